The molecular weight excluding hydrogens is 242 g/mol. The first-order valence-corrected chi connectivity index (χ1v) is 5.87. The molecule has 0 amide bonds. The molecule has 2 aromatic rings. The van der Waals surface area contributed by atoms with Gasteiger partial charge in [-0.3, -0.25) is 0 Å². The fraction of sp³-hybridized carbons (Fsp3) is 0.286. The Bertz CT molecular complexity index is 586. The van der Waals surface area contributed by atoms with Gasteiger partial charge in [-0.1, -0.05) is 17.3 Å². The number of nitrogens with zero attached hydrogens (tertiary/aromatic N) is 2. The van der Waals surface area contributed by atoms with E-state index in [1.807, 2.05) is 24.3 Å². The molecule has 0 aliphatic carbocycles. The highest BCUT2D eigenvalue weighted by Gasteiger charge is 2.14. The summed E-state index contributed by atoms with van der Waals surface area (Å²) in [6, 6.07) is 7.29. The Morgan fingerprint density at radius 1 is 1.53 bits per heavy atom. The summed E-state index contributed by atoms with van der Waals surface area (Å²) in [6.07, 6.45) is 6.13. The molecular formula is C14H15N3O2. The van der Waals surface area contributed by atoms with Gasteiger partial charge in [0.1, 0.15) is 5.75 Å². The number of benzene rings is 1. The van der Waals surface area contributed by atoms with Crippen molar-refractivity contribution in [3.63, 3.8) is 0 Å². The molecule has 0 radical (unpaired) electrons. The topological polar surface area (TPSA) is 74.2 Å². The summed E-state index contributed by atoms with van der Waals surface area (Å²) in [5, 5.41) is 3.89. The lowest BCUT2D eigenvalue weighted by Gasteiger charge is -2.01. The number of terminal acetylenes is 1. The van der Waals surface area contributed by atoms with E-state index in [1.54, 1.807) is 7.11 Å². The minimum absolute atomic E-state index is 0.371. The fourth-order valence-electron chi connectivity index (χ4n) is 1.67. The van der Waals surface area contributed by atoms with E-state index >= 15 is 0 Å². The van der Waals surface area contributed by atoms with E-state index < -0.39 is 6.04 Å². The van der Waals surface area contributed by atoms with E-state index in [0.717, 1.165) is 11.3 Å². The molecule has 2 N–H and O–H groups in total. The van der Waals surface area contributed by atoms with E-state index in [0.29, 0.717) is 24.6 Å². The highest BCUT2D eigenvalue weighted by atomic mass is 16.5. The first kappa shape index (κ1) is 13.1. The van der Waals surface area contributed by atoms with Gasteiger partial charge in [-0.05, 0) is 17.7 Å². The Morgan fingerprint density at radius 3 is 3.11 bits per heavy atom. The highest BCUT2D eigenvalue weighted by Crippen LogP contribution is 2.16. The molecule has 0 spiro atoms. The maximum atomic E-state index is 5.80. The maximum Gasteiger partial charge on any atom is 0.244 e. The van der Waals surface area contributed by atoms with Crippen LogP contribution in [-0.2, 0) is 6.42 Å². The van der Waals surface area contributed by atoms with Crippen LogP contribution in [0.5, 0.6) is 5.75 Å². The van der Waals surface area contributed by atoms with Crippen molar-refractivity contribution >= 4 is 0 Å². The Kier molecular flexibility index (Phi) is 4.16. The second-order valence-corrected chi connectivity index (χ2v) is 4.09. The van der Waals surface area contributed by atoms with Crippen LogP contribution in [0.25, 0.3) is 0 Å². The van der Waals surface area contributed by atoms with Gasteiger partial charge in [-0.15, -0.1) is 12.3 Å². The number of hydrogen-bond acceptors (Lipinski definition) is 5. The fourth-order valence-corrected chi connectivity index (χ4v) is 1.67. The van der Waals surface area contributed by atoms with E-state index in [4.69, 9.17) is 21.4 Å². The van der Waals surface area contributed by atoms with Gasteiger partial charge in [0.25, 0.3) is 0 Å². The predicted molar refractivity (Wildman–Crippen MR) is 70.5 cm³/mol. The Balaban J connectivity index is 2.09. The van der Waals surface area contributed by atoms with Gasteiger partial charge in [0.2, 0.25) is 5.89 Å². The zero-order valence-corrected chi connectivity index (χ0v) is 10.7. The first-order valence-electron chi connectivity index (χ1n) is 5.87. The Morgan fingerprint density at radius 2 is 2.37 bits per heavy atom. The molecule has 5 heteroatoms. The van der Waals surface area contributed by atoms with Gasteiger partial charge in [0.15, 0.2) is 5.82 Å². The highest BCUT2D eigenvalue weighted by molar-refractivity contribution is 5.30. The van der Waals surface area contributed by atoms with Crippen molar-refractivity contribution in [1.82, 2.24) is 10.1 Å². The first-order chi connectivity index (χ1) is 9.22. The van der Waals surface area contributed by atoms with Crippen molar-refractivity contribution in [3.8, 4) is 18.1 Å². The van der Waals surface area contributed by atoms with Gasteiger partial charge in [-0.2, -0.15) is 4.98 Å². The van der Waals surface area contributed by atoms with Crippen LogP contribution in [0.15, 0.2) is 28.8 Å². The standard InChI is InChI=1S/C14H15N3O2/c1-3-5-12(15)14-16-13(17-19-14)9-10-6-4-7-11(8-10)18-2/h1,4,6-8,12H,5,9,15H2,2H3. The average Bonchev–Trinajstić information content (AvgIpc) is 2.88. The Hall–Kier alpha value is -2.32. The minimum atomic E-state index is -0.406. The SMILES string of the molecule is C#CCC(N)c1nc(Cc2cccc(OC)c2)no1. The third-order valence-corrected chi connectivity index (χ3v) is 2.64. The molecule has 5 nitrogen and oxygen atoms in total. The molecule has 1 aromatic heterocycles. The van der Waals surface area contributed by atoms with Crippen molar-refractivity contribution < 1.29 is 9.26 Å². The molecule has 0 saturated carbocycles. The van der Waals surface area contributed by atoms with Crippen molar-refractivity contribution in [2.24, 2.45) is 5.73 Å². The summed E-state index contributed by atoms with van der Waals surface area (Å²) in [5.41, 5.74) is 6.84. The summed E-state index contributed by atoms with van der Waals surface area (Å²) >= 11 is 0. The molecule has 1 heterocycles. The van der Waals surface area contributed by atoms with Crippen molar-refractivity contribution in [2.45, 2.75) is 18.9 Å². The maximum absolute atomic E-state index is 5.80. The molecule has 19 heavy (non-hydrogen) atoms. The van der Waals surface area contributed by atoms with Crippen molar-refractivity contribution in [2.75, 3.05) is 7.11 Å². The van der Waals surface area contributed by atoms with Crippen LogP contribution in [0.1, 0.15) is 29.7 Å². The number of nitrogens with two attached hydrogens (primary N) is 1. The number of ether oxygens (including phenoxy) is 1. The summed E-state index contributed by atoms with van der Waals surface area (Å²) in [4.78, 5) is 4.24. The summed E-state index contributed by atoms with van der Waals surface area (Å²) in [6.45, 7) is 0. The molecule has 0 fully saturated rings. The van der Waals surface area contributed by atoms with Crippen LogP contribution in [0.4, 0.5) is 0 Å². The van der Waals surface area contributed by atoms with Gasteiger partial charge < -0.3 is 15.0 Å². The molecule has 0 bridgehead atoms. The lowest BCUT2D eigenvalue weighted by Crippen LogP contribution is -2.09. The summed E-state index contributed by atoms with van der Waals surface area (Å²) in [5.74, 6) is 4.22. The van der Waals surface area contributed by atoms with Crippen LogP contribution in [0.3, 0.4) is 0 Å². The van der Waals surface area contributed by atoms with Crippen LogP contribution in [0.2, 0.25) is 0 Å². The molecule has 1 unspecified atom stereocenters. The van der Waals surface area contributed by atoms with Crippen LogP contribution < -0.4 is 10.5 Å². The lowest BCUT2D eigenvalue weighted by atomic mass is 10.1. The van der Waals surface area contributed by atoms with E-state index in [9.17, 15) is 0 Å². The van der Waals surface area contributed by atoms with Gasteiger partial charge in [0.05, 0.1) is 13.2 Å². The molecule has 0 aliphatic heterocycles. The number of aromatic nitrogens is 2. The second-order valence-electron chi connectivity index (χ2n) is 4.09. The smallest absolute Gasteiger partial charge is 0.244 e. The van der Waals surface area contributed by atoms with E-state index in [2.05, 4.69) is 16.1 Å². The van der Waals surface area contributed by atoms with Gasteiger partial charge >= 0.3 is 0 Å². The second kappa shape index (κ2) is 6.03. The third kappa shape index (κ3) is 3.33. The summed E-state index contributed by atoms with van der Waals surface area (Å²) in [7, 11) is 1.63. The number of hydrogen-bond donors (Lipinski definition) is 1. The normalized spacial score (nSPS) is 11.8. The van der Waals surface area contributed by atoms with E-state index in [1.165, 1.54) is 0 Å². The lowest BCUT2D eigenvalue weighted by molar-refractivity contribution is 0.353. The quantitative estimate of drug-likeness (QED) is 0.825. The molecule has 0 aliphatic rings. The van der Waals surface area contributed by atoms with Crippen LogP contribution in [-0.4, -0.2) is 17.3 Å². The van der Waals surface area contributed by atoms with Crippen LogP contribution in [0, 0.1) is 12.3 Å². The minimum Gasteiger partial charge on any atom is -0.497 e. The third-order valence-electron chi connectivity index (χ3n) is 2.64. The van der Waals surface area contributed by atoms with Gasteiger partial charge in [-0.25, -0.2) is 0 Å². The summed E-state index contributed by atoms with van der Waals surface area (Å²) < 4.78 is 10.3. The van der Waals surface area contributed by atoms with Gasteiger partial charge in [0, 0.05) is 12.8 Å². The zero-order chi connectivity index (χ0) is 13.7. The number of rotatable bonds is 5. The largest absolute Gasteiger partial charge is 0.497 e. The molecule has 1 aromatic carbocycles. The van der Waals surface area contributed by atoms with Crippen molar-refractivity contribution in [1.29, 1.82) is 0 Å². The molecule has 0 saturated heterocycles. The predicted octanol–water partition coefficient (Wildman–Crippen LogP) is 1.69. The molecule has 2 rings (SSSR count). The number of methoxy groups -OCH3 is 1. The van der Waals surface area contributed by atoms with E-state index in [-0.39, 0.29) is 0 Å². The molecule has 1 atom stereocenters. The zero-order valence-electron chi connectivity index (χ0n) is 10.7. The Labute approximate surface area is 111 Å². The monoisotopic (exact) mass is 257 g/mol. The van der Waals surface area contributed by atoms with Crippen LogP contribution >= 0.6 is 0 Å². The van der Waals surface area contributed by atoms with Crippen molar-refractivity contribution in [3.05, 3.63) is 41.5 Å². The molecule has 98 valence electrons. The average molecular weight is 257 g/mol.